The number of aromatic nitrogens is 2. The van der Waals surface area contributed by atoms with Crippen molar-refractivity contribution in [3.05, 3.63) is 12.4 Å². The van der Waals surface area contributed by atoms with Crippen molar-refractivity contribution in [3.63, 3.8) is 0 Å². The molecule has 0 saturated heterocycles. The number of nitrogen functional groups attached to an aromatic ring is 1. The summed E-state index contributed by atoms with van der Waals surface area (Å²) in [6.07, 6.45) is 8.19. The summed E-state index contributed by atoms with van der Waals surface area (Å²) in [6, 6.07) is 0.648. The molecule has 1 heterocycles. The summed E-state index contributed by atoms with van der Waals surface area (Å²) in [6.45, 7) is 6.77. The van der Waals surface area contributed by atoms with E-state index in [9.17, 15) is 5.11 Å². The molecule has 0 aromatic carbocycles. The fourth-order valence-electron chi connectivity index (χ4n) is 3.13. The average Bonchev–Trinajstić information content (AvgIpc) is 2.99. The van der Waals surface area contributed by atoms with Crippen LogP contribution in [-0.4, -0.2) is 45.0 Å². The molecule has 1 aliphatic rings. The highest BCUT2D eigenvalue weighted by atomic mass is 16.3. The largest absolute Gasteiger partial charge is 0.396 e. The summed E-state index contributed by atoms with van der Waals surface area (Å²) in [5.74, 6) is 0.628. The molecule has 5 heteroatoms. The quantitative estimate of drug-likeness (QED) is 0.798. The molecule has 1 fully saturated rings. The topological polar surface area (TPSA) is 67.3 Å². The number of nitrogens with zero attached hydrogens (tertiary/aromatic N) is 3. The third-order valence-electron chi connectivity index (χ3n) is 3.94. The van der Waals surface area contributed by atoms with Gasteiger partial charge in [0.15, 0.2) is 0 Å². The van der Waals surface area contributed by atoms with Crippen molar-refractivity contribution >= 4 is 5.69 Å². The molecule has 1 aliphatic carbocycles. The van der Waals surface area contributed by atoms with Gasteiger partial charge in [0.1, 0.15) is 0 Å². The first-order valence-corrected chi connectivity index (χ1v) is 7.74. The van der Waals surface area contributed by atoms with Crippen LogP contribution in [0.5, 0.6) is 0 Å². The molecule has 1 saturated carbocycles. The highest BCUT2D eigenvalue weighted by molar-refractivity contribution is 5.30. The fraction of sp³-hybridized carbons (Fsp3) is 0.800. The Morgan fingerprint density at radius 1 is 1.40 bits per heavy atom. The second-order valence-corrected chi connectivity index (χ2v) is 6.44. The van der Waals surface area contributed by atoms with Gasteiger partial charge in [-0.05, 0) is 18.8 Å². The van der Waals surface area contributed by atoms with Gasteiger partial charge in [-0.25, -0.2) is 0 Å². The first-order valence-electron chi connectivity index (χ1n) is 7.74. The molecular formula is C15H28N4O. The van der Waals surface area contributed by atoms with Crippen LogP contribution in [0.15, 0.2) is 12.4 Å². The summed E-state index contributed by atoms with van der Waals surface area (Å²) in [4.78, 5) is 2.47. The molecule has 0 aliphatic heterocycles. The first-order chi connectivity index (χ1) is 9.54. The predicted octanol–water partition coefficient (Wildman–Crippen LogP) is 1.73. The van der Waals surface area contributed by atoms with Crippen molar-refractivity contribution in [2.24, 2.45) is 5.92 Å². The van der Waals surface area contributed by atoms with Crippen LogP contribution >= 0.6 is 0 Å². The molecule has 3 N–H and O–H groups in total. The van der Waals surface area contributed by atoms with Crippen LogP contribution in [0.3, 0.4) is 0 Å². The Bertz CT molecular complexity index is 398. The summed E-state index contributed by atoms with van der Waals surface area (Å²) in [5, 5.41) is 14.4. The van der Waals surface area contributed by atoms with Gasteiger partial charge in [0.2, 0.25) is 0 Å². The van der Waals surface area contributed by atoms with E-state index in [1.165, 1.54) is 25.7 Å². The second kappa shape index (κ2) is 7.09. The number of hydrogen-bond acceptors (Lipinski definition) is 4. The maximum Gasteiger partial charge on any atom is 0.0862 e. The highest BCUT2D eigenvalue weighted by Crippen LogP contribution is 2.24. The standard InChI is InChI=1S/C15H28N4O/c1-12(2)8-18(14-5-3-4-6-14)10-15(20)11-19-9-13(16)7-17-19/h7,9,12,14-15,20H,3-6,8,10-11,16H2,1-2H3. The molecule has 2 rings (SSSR count). The third-order valence-corrected chi connectivity index (χ3v) is 3.94. The van der Waals surface area contributed by atoms with Crippen LogP contribution < -0.4 is 5.73 Å². The van der Waals surface area contributed by atoms with Gasteiger partial charge in [-0.15, -0.1) is 0 Å². The van der Waals surface area contributed by atoms with Gasteiger partial charge in [0.05, 0.1) is 24.5 Å². The van der Waals surface area contributed by atoms with Crippen molar-refractivity contribution in [1.82, 2.24) is 14.7 Å². The Morgan fingerprint density at radius 3 is 2.65 bits per heavy atom. The van der Waals surface area contributed by atoms with E-state index in [4.69, 9.17) is 5.73 Å². The van der Waals surface area contributed by atoms with E-state index in [1.807, 2.05) is 0 Å². The SMILES string of the molecule is CC(C)CN(CC(O)Cn1cc(N)cn1)C1CCCC1. The van der Waals surface area contributed by atoms with Crippen LogP contribution in [0.2, 0.25) is 0 Å². The van der Waals surface area contributed by atoms with Crippen LogP contribution in [0, 0.1) is 5.92 Å². The number of aliphatic hydroxyl groups is 1. The lowest BCUT2D eigenvalue weighted by Crippen LogP contribution is -2.42. The van der Waals surface area contributed by atoms with Gasteiger partial charge in [0.25, 0.3) is 0 Å². The molecule has 0 spiro atoms. The fourth-order valence-corrected chi connectivity index (χ4v) is 3.13. The van der Waals surface area contributed by atoms with Gasteiger partial charge in [-0.2, -0.15) is 5.10 Å². The summed E-state index contributed by atoms with van der Waals surface area (Å²) in [5.41, 5.74) is 6.29. The number of anilines is 1. The molecule has 0 radical (unpaired) electrons. The predicted molar refractivity (Wildman–Crippen MR) is 81.3 cm³/mol. The van der Waals surface area contributed by atoms with E-state index in [0.717, 1.165) is 13.1 Å². The van der Waals surface area contributed by atoms with Gasteiger partial charge >= 0.3 is 0 Å². The Kier molecular flexibility index (Phi) is 5.43. The van der Waals surface area contributed by atoms with Crippen LogP contribution in [0.4, 0.5) is 5.69 Å². The van der Waals surface area contributed by atoms with Crippen LogP contribution in [0.1, 0.15) is 39.5 Å². The maximum absolute atomic E-state index is 10.3. The summed E-state index contributed by atoms with van der Waals surface area (Å²) in [7, 11) is 0. The van der Waals surface area contributed by atoms with Crippen molar-refractivity contribution in [2.75, 3.05) is 18.8 Å². The lowest BCUT2D eigenvalue weighted by molar-refractivity contribution is 0.0671. The minimum Gasteiger partial charge on any atom is -0.396 e. The molecule has 1 aromatic heterocycles. The van der Waals surface area contributed by atoms with E-state index in [2.05, 4.69) is 23.8 Å². The number of rotatable bonds is 7. The van der Waals surface area contributed by atoms with E-state index in [-0.39, 0.29) is 0 Å². The molecule has 114 valence electrons. The Balaban J connectivity index is 1.88. The minimum absolute atomic E-state index is 0.395. The number of hydrogen-bond donors (Lipinski definition) is 2. The van der Waals surface area contributed by atoms with Crippen molar-refractivity contribution in [3.8, 4) is 0 Å². The lowest BCUT2D eigenvalue weighted by Gasteiger charge is -2.32. The molecule has 0 bridgehead atoms. The zero-order valence-electron chi connectivity index (χ0n) is 12.7. The van der Waals surface area contributed by atoms with Gasteiger partial charge in [-0.3, -0.25) is 9.58 Å². The van der Waals surface area contributed by atoms with Crippen molar-refractivity contribution in [2.45, 2.75) is 58.2 Å². The molecule has 5 nitrogen and oxygen atoms in total. The molecule has 1 aromatic rings. The molecule has 1 atom stereocenters. The Labute approximate surface area is 121 Å². The molecule has 20 heavy (non-hydrogen) atoms. The first kappa shape index (κ1) is 15.3. The third kappa shape index (κ3) is 4.49. The van der Waals surface area contributed by atoms with Crippen LogP contribution in [-0.2, 0) is 6.54 Å². The van der Waals surface area contributed by atoms with E-state index in [0.29, 0.717) is 24.2 Å². The smallest absolute Gasteiger partial charge is 0.0862 e. The second-order valence-electron chi connectivity index (χ2n) is 6.44. The average molecular weight is 280 g/mol. The van der Waals surface area contributed by atoms with Crippen LogP contribution in [0.25, 0.3) is 0 Å². The zero-order valence-corrected chi connectivity index (χ0v) is 12.7. The zero-order chi connectivity index (χ0) is 14.5. The molecular weight excluding hydrogens is 252 g/mol. The number of aliphatic hydroxyl groups excluding tert-OH is 1. The minimum atomic E-state index is -0.395. The Hall–Kier alpha value is -1.07. The Morgan fingerprint density at radius 2 is 2.10 bits per heavy atom. The van der Waals surface area contributed by atoms with Gasteiger partial charge in [-0.1, -0.05) is 26.7 Å². The number of nitrogens with two attached hydrogens (primary N) is 1. The maximum atomic E-state index is 10.3. The van der Waals surface area contributed by atoms with Gasteiger partial charge < -0.3 is 10.8 Å². The summed E-state index contributed by atoms with van der Waals surface area (Å²) < 4.78 is 1.72. The molecule has 0 amide bonds. The monoisotopic (exact) mass is 280 g/mol. The van der Waals surface area contributed by atoms with E-state index >= 15 is 0 Å². The van der Waals surface area contributed by atoms with E-state index in [1.54, 1.807) is 17.1 Å². The van der Waals surface area contributed by atoms with Crippen molar-refractivity contribution in [1.29, 1.82) is 0 Å². The van der Waals surface area contributed by atoms with Crippen molar-refractivity contribution < 1.29 is 5.11 Å². The highest BCUT2D eigenvalue weighted by Gasteiger charge is 2.25. The lowest BCUT2D eigenvalue weighted by atomic mass is 10.1. The normalized spacial score (nSPS) is 18.2. The molecule has 1 unspecified atom stereocenters. The summed E-state index contributed by atoms with van der Waals surface area (Å²) >= 11 is 0. The van der Waals surface area contributed by atoms with Gasteiger partial charge in [0, 0.05) is 25.3 Å². The van der Waals surface area contributed by atoms with E-state index < -0.39 is 6.10 Å².